The van der Waals surface area contributed by atoms with Gasteiger partial charge in [-0.2, -0.15) is 0 Å². The molecular formula is C20H28N2O2. The van der Waals surface area contributed by atoms with E-state index in [1.165, 1.54) is 18.4 Å². The molecule has 4 rings (SSSR count). The average Bonchev–Trinajstić information content (AvgIpc) is 3.16. The summed E-state index contributed by atoms with van der Waals surface area (Å²) in [5.74, 6) is 0.325. The minimum atomic E-state index is -0.122. The fourth-order valence-corrected chi connectivity index (χ4v) is 4.13. The van der Waals surface area contributed by atoms with Crippen LogP contribution in [0, 0.1) is 5.41 Å². The molecule has 0 unspecified atom stereocenters. The van der Waals surface area contributed by atoms with Crippen molar-refractivity contribution in [2.45, 2.75) is 44.8 Å². The Morgan fingerprint density at radius 1 is 1.17 bits per heavy atom. The van der Waals surface area contributed by atoms with E-state index in [2.05, 4.69) is 41.0 Å². The van der Waals surface area contributed by atoms with Crippen molar-refractivity contribution in [3.63, 3.8) is 0 Å². The third kappa shape index (κ3) is 3.09. The van der Waals surface area contributed by atoms with E-state index < -0.39 is 0 Å². The van der Waals surface area contributed by atoms with Gasteiger partial charge in [0.15, 0.2) is 0 Å². The van der Waals surface area contributed by atoms with Crippen molar-refractivity contribution in [1.82, 2.24) is 9.80 Å². The molecule has 2 heterocycles. The number of amides is 1. The molecule has 1 saturated carbocycles. The lowest BCUT2D eigenvalue weighted by Gasteiger charge is -2.43. The molecule has 130 valence electrons. The molecule has 3 aliphatic rings. The SMILES string of the molecule is CC1(C(=O)N2CCO[C@@H](CN3CCCC3)[C@@H]2c2ccccc2)CC1. The van der Waals surface area contributed by atoms with E-state index in [0.29, 0.717) is 19.1 Å². The van der Waals surface area contributed by atoms with Gasteiger partial charge in [0.05, 0.1) is 18.8 Å². The zero-order valence-electron chi connectivity index (χ0n) is 14.6. The van der Waals surface area contributed by atoms with Crippen LogP contribution in [-0.2, 0) is 9.53 Å². The van der Waals surface area contributed by atoms with Crippen molar-refractivity contribution in [3.8, 4) is 0 Å². The lowest BCUT2D eigenvalue weighted by Crippen LogP contribution is -2.53. The van der Waals surface area contributed by atoms with E-state index in [0.717, 1.165) is 32.5 Å². The van der Waals surface area contributed by atoms with Crippen LogP contribution in [-0.4, -0.2) is 54.6 Å². The molecule has 2 saturated heterocycles. The van der Waals surface area contributed by atoms with E-state index in [-0.39, 0.29) is 17.6 Å². The van der Waals surface area contributed by atoms with E-state index >= 15 is 0 Å². The summed E-state index contributed by atoms with van der Waals surface area (Å²) < 4.78 is 6.18. The van der Waals surface area contributed by atoms with Gasteiger partial charge in [0.1, 0.15) is 0 Å². The maximum atomic E-state index is 13.1. The molecule has 2 atom stereocenters. The summed E-state index contributed by atoms with van der Waals surface area (Å²) >= 11 is 0. The Bertz CT molecular complexity index is 579. The number of likely N-dealkylation sites (tertiary alicyclic amines) is 1. The van der Waals surface area contributed by atoms with Gasteiger partial charge in [-0.3, -0.25) is 4.79 Å². The molecule has 1 aliphatic carbocycles. The predicted octanol–water partition coefficient (Wildman–Crippen LogP) is 2.85. The highest BCUT2D eigenvalue weighted by molar-refractivity contribution is 5.85. The monoisotopic (exact) mass is 328 g/mol. The highest BCUT2D eigenvalue weighted by Gasteiger charge is 2.50. The molecule has 0 radical (unpaired) electrons. The fraction of sp³-hybridized carbons (Fsp3) is 0.650. The van der Waals surface area contributed by atoms with Gasteiger partial charge in [-0.05, 0) is 44.3 Å². The van der Waals surface area contributed by atoms with Crippen LogP contribution in [0.3, 0.4) is 0 Å². The van der Waals surface area contributed by atoms with Gasteiger partial charge in [-0.25, -0.2) is 0 Å². The van der Waals surface area contributed by atoms with Crippen molar-refractivity contribution >= 4 is 5.91 Å². The molecule has 24 heavy (non-hydrogen) atoms. The topological polar surface area (TPSA) is 32.8 Å². The number of hydrogen-bond acceptors (Lipinski definition) is 3. The van der Waals surface area contributed by atoms with Gasteiger partial charge in [0, 0.05) is 18.5 Å². The van der Waals surface area contributed by atoms with Crippen molar-refractivity contribution in [2.75, 3.05) is 32.8 Å². The predicted molar refractivity (Wildman–Crippen MR) is 93.7 cm³/mol. The summed E-state index contributed by atoms with van der Waals surface area (Å²) in [5, 5.41) is 0. The van der Waals surface area contributed by atoms with Crippen LogP contribution >= 0.6 is 0 Å². The summed E-state index contributed by atoms with van der Waals surface area (Å²) in [5.41, 5.74) is 1.08. The van der Waals surface area contributed by atoms with E-state index in [9.17, 15) is 4.79 Å². The van der Waals surface area contributed by atoms with Crippen LogP contribution in [0.25, 0.3) is 0 Å². The van der Waals surface area contributed by atoms with Gasteiger partial charge >= 0.3 is 0 Å². The number of ether oxygens (including phenoxy) is 1. The number of morpholine rings is 1. The average molecular weight is 328 g/mol. The number of nitrogens with zero attached hydrogens (tertiary/aromatic N) is 2. The maximum absolute atomic E-state index is 13.1. The first-order valence-corrected chi connectivity index (χ1v) is 9.37. The van der Waals surface area contributed by atoms with Crippen LogP contribution in [0.15, 0.2) is 30.3 Å². The normalized spacial score (nSPS) is 29.6. The molecule has 1 amide bonds. The summed E-state index contributed by atoms with van der Waals surface area (Å²) in [4.78, 5) is 17.7. The molecular weight excluding hydrogens is 300 g/mol. The Labute approximate surface area is 144 Å². The van der Waals surface area contributed by atoms with Crippen LogP contribution in [0.4, 0.5) is 0 Å². The molecule has 3 fully saturated rings. The Morgan fingerprint density at radius 2 is 1.88 bits per heavy atom. The number of carbonyl (C=O) groups is 1. The Balaban J connectivity index is 1.60. The Hall–Kier alpha value is -1.39. The Kier molecular flexibility index (Phi) is 4.35. The third-order valence-corrected chi connectivity index (χ3v) is 5.91. The van der Waals surface area contributed by atoms with E-state index in [1.54, 1.807) is 0 Å². The second-order valence-corrected chi connectivity index (χ2v) is 7.83. The lowest BCUT2D eigenvalue weighted by atomic mass is 9.95. The van der Waals surface area contributed by atoms with E-state index in [1.807, 2.05) is 6.07 Å². The smallest absolute Gasteiger partial charge is 0.229 e. The molecule has 0 N–H and O–H groups in total. The van der Waals surface area contributed by atoms with Crippen molar-refractivity contribution in [3.05, 3.63) is 35.9 Å². The molecule has 1 aromatic carbocycles. The minimum absolute atomic E-state index is 0.0467. The maximum Gasteiger partial charge on any atom is 0.229 e. The Morgan fingerprint density at radius 3 is 2.54 bits per heavy atom. The number of benzene rings is 1. The summed E-state index contributed by atoms with van der Waals surface area (Å²) in [7, 11) is 0. The van der Waals surface area contributed by atoms with Crippen molar-refractivity contribution < 1.29 is 9.53 Å². The highest BCUT2D eigenvalue weighted by atomic mass is 16.5. The first-order valence-electron chi connectivity index (χ1n) is 9.37. The summed E-state index contributed by atoms with van der Waals surface area (Å²) in [6.45, 7) is 6.73. The van der Waals surface area contributed by atoms with Gasteiger partial charge in [0.2, 0.25) is 5.91 Å². The molecule has 0 spiro atoms. The molecule has 4 heteroatoms. The molecule has 0 aromatic heterocycles. The van der Waals surface area contributed by atoms with Crippen molar-refractivity contribution in [2.24, 2.45) is 5.41 Å². The molecule has 2 aliphatic heterocycles. The second-order valence-electron chi connectivity index (χ2n) is 7.83. The van der Waals surface area contributed by atoms with Crippen LogP contribution in [0.2, 0.25) is 0 Å². The standard InChI is InChI=1S/C20H28N2O2/c1-20(9-10-20)19(23)22-13-14-24-17(15-21-11-5-6-12-21)18(22)16-7-3-2-4-8-16/h2-4,7-8,17-18H,5-6,9-15H2,1H3/t17-,18-/m0/s1. The van der Waals surface area contributed by atoms with Crippen LogP contribution in [0.5, 0.6) is 0 Å². The molecule has 1 aromatic rings. The van der Waals surface area contributed by atoms with Gasteiger partial charge in [0.25, 0.3) is 0 Å². The zero-order valence-corrected chi connectivity index (χ0v) is 14.6. The molecule has 4 nitrogen and oxygen atoms in total. The minimum Gasteiger partial charge on any atom is -0.373 e. The highest BCUT2D eigenvalue weighted by Crippen LogP contribution is 2.48. The first kappa shape index (κ1) is 16.1. The lowest BCUT2D eigenvalue weighted by molar-refractivity contribution is -0.153. The fourth-order valence-electron chi connectivity index (χ4n) is 4.13. The van der Waals surface area contributed by atoms with Gasteiger partial charge < -0.3 is 14.5 Å². The van der Waals surface area contributed by atoms with Crippen LogP contribution < -0.4 is 0 Å². The molecule has 0 bridgehead atoms. The summed E-state index contributed by atoms with van der Waals surface area (Å²) in [6, 6.07) is 10.5. The summed E-state index contributed by atoms with van der Waals surface area (Å²) in [6.07, 6.45) is 4.70. The number of rotatable bonds is 4. The quantitative estimate of drug-likeness (QED) is 0.852. The second kappa shape index (κ2) is 6.49. The number of carbonyl (C=O) groups excluding carboxylic acids is 1. The van der Waals surface area contributed by atoms with Gasteiger partial charge in [-0.15, -0.1) is 0 Å². The first-order chi connectivity index (χ1) is 11.7. The third-order valence-electron chi connectivity index (χ3n) is 5.91. The van der Waals surface area contributed by atoms with Gasteiger partial charge in [-0.1, -0.05) is 37.3 Å². The largest absolute Gasteiger partial charge is 0.373 e. The van der Waals surface area contributed by atoms with Crippen LogP contribution in [0.1, 0.15) is 44.2 Å². The number of hydrogen-bond donors (Lipinski definition) is 0. The van der Waals surface area contributed by atoms with E-state index in [4.69, 9.17) is 4.74 Å². The van der Waals surface area contributed by atoms with Crippen molar-refractivity contribution in [1.29, 1.82) is 0 Å². The zero-order chi connectivity index (χ0) is 16.6.